The molecule has 182 valence electrons. The summed E-state index contributed by atoms with van der Waals surface area (Å²) in [7, 11) is 0. The molecule has 34 heavy (non-hydrogen) atoms. The molecule has 0 N–H and O–H groups in total. The number of carbonyl (C=O) groups is 1. The molecule has 0 radical (unpaired) electrons. The highest BCUT2D eigenvalue weighted by Gasteiger charge is 2.62. The smallest absolute Gasteiger partial charge is 0.374 e. The van der Waals surface area contributed by atoms with Crippen molar-refractivity contribution < 1.29 is 40.4 Å². The molecule has 0 aromatic heterocycles. The molecule has 2 aliphatic heterocycles. The van der Waals surface area contributed by atoms with Crippen molar-refractivity contribution >= 4 is 23.4 Å². The normalized spacial score (nSPS) is 21.6. The summed E-state index contributed by atoms with van der Waals surface area (Å²) in [6.45, 7) is -0.261. The fraction of sp³-hybridized carbons (Fsp3) is 0.364. The van der Waals surface area contributed by atoms with Crippen LogP contribution in [0.15, 0.2) is 41.6 Å². The van der Waals surface area contributed by atoms with Gasteiger partial charge in [-0.25, -0.2) is 17.6 Å². The molecule has 0 spiro atoms. The number of alkyl halides is 4. The summed E-state index contributed by atoms with van der Waals surface area (Å²) in [5, 5.41) is 3.47. The fourth-order valence-corrected chi connectivity index (χ4v) is 4.37. The van der Waals surface area contributed by atoms with Crippen LogP contribution in [0.3, 0.4) is 0 Å². The predicted molar refractivity (Wildman–Crippen MR) is 110 cm³/mol. The Morgan fingerprint density at radius 1 is 1.09 bits per heavy atom. The van der Waals surface area contributed by atoms with E-state index in [1.54, 1.807) is 6.26 Å². The van der Waals surface area contributed by atoms with E-state index in [2.05, 4.69) is 9.99 Å². The van der Waals surface area contributed by atoms with Crippen LogP contribution < -0.4 is 0 Å². The lowest BCUT2D eigenvalue weighted by atomic mass is 9.84. The van der Waals surface area contributed by atoms with Crippen LogP contribution in [0.25, 0.3) is 0 Å². The van der Waals surface area contributed by atoms with Crippen LogP contribution in [-0.4, -0.2) is 47.8 Å². The van der Waals surface area contributed by atoms with Crippen molar-refractivity contribution in [3.05, 3.63) is 70.5 Å². The number of hydrogen-bond donors (Lipinski definition) is 0. The lowest BCUT2D eigenvalue weighted by Gasteiger charge is -2.44. The van der Waals surface area contributed by atoms with E-state index in [4.69, 9.17) is 0 Å². The highest BCUT2D eigenvalue weighted by Crippen LogP contribution is 2.49. The Labute approximate surface area is 193 Å². The van der Waals surface area contributed by atoms with Gasteiger partial charge in [0.2, 0.25) is 5.91 Å². The number of carbonyl (C=O) groups excluding carboxylic acids is 1. The lowest BCUT2D eigenvalue weighted by molar-refractivity contribution is -0.276. The van der Waals surface area contributed by atoms with Crippen LogP contribution in [0.4, 0.5) is 30.7 Å². The molecule has 4 rings (SSSR count). The van der Waals surface area contributed by atoms with Gasteiger partial charge in [-0.2, -0.15) is 24.9 Å². The van der Waals surface area contributed by atoms with Crippen molar-refractivity contribution in [1.29, 1.82) is 0 Å². The van der Waals surface area contributed by atoms with Crippen LogP contribution in [-0.2, 0) is 20.9 Å². The monoisotopic (exact) mass is 506 g/mol. The Bertz CT molecular complexity index is 1120. The van der Waals surface area contributed by atoms with Crippen LogP contribution >= 0.6 is 11.8 Å². The highest BCUT2D eigenvalue weighted by molar-refractivity contribution is 7.99. The average Bonchev–Trinajstić information content (AvgIpc) is 3.22. The highest BCUT2D eigenvalue weighted by atomic mass is 32.2. The summed E-state index contributed by atoms with van der Waals surface area (Å²) in [6.07, 6.45) is -4.32. The summed E-state index contributed by atoms with van der Waals surface area (Å²) in [4.78, 5) is 17.9. The van der Waals surface area contributed by atoms with Gasteiger partial charge in [0, 0.05) is 12.0 Å². The van der Waals surface area contributed by atoms with Gasteiger partial charge < -0.3 is 9.74 Å². The molecule has 1 fully saturated rings. The second kappa shape index (κ2) is 8.47. The van der Waals surface area contributed by atoms with Gasteiger partial charge in [-0.05, 0) is 29.5 Å². The Morgan fingerprint density at radius 3 is 2.21 bits per heavy atom. The van der Waals surface area contributed by atoms with Crippen molar-refractivity contribution in [2.24, 2.45) is 5.16 Å². The van der Waals surface area contributed by atoms with Crippen molar-refractivity contribution in [1.82, 2.24) is 4.90 Å². The third kappa shape index (κ3) is 4.01. The quantitative estimate of drug-likeness (QED) is 0.421. The van der Waals surface area contributed by atoms with Crippen molar-refractivity contribution in [3.63, 3.8) is 0 Å². The van der Waals surface area contributed by atoms with Gasteiger partial charge in [0.1, 0.15) is 0 Å². The van der Waals surface area contributed by atoms with E-state index < -0.39 is 46.9 Å². The van der Waals surface area contributed by atoms with Crippen molar-refractivity contribution in [3.8, 4) is 0 Å². The molecule has 2 aromatic rings. The Balaban J connectivity index is 1.55. The van der Waals surface area contributed by atoms with Gasteiger partial charge >= 0.3 is 6.18 Å². The molecule has 1 atom stereocenters. The Hall–Kier alpha value is -2.76. The topological polar surface area (TPSA) is 41.9 Å². The Morgan fingerprint density at radius 2 is 1.68 bits per heavy atom. The van der Waals surface area contributed by atoms with E-state index in [1.807, 2.05) is 0 Å². The molecule has 2 aromatic carbocycles. The zero-order valence-electron chi connectivity index (χ0n) is 17.6. The van der Waals surface area contributed by atoms with E-state index in [0.29, 0.717) is 0 Å². The second-order valence-electron chi connectivity index (χ2n) is 8.11. The van der Waals surface area contributed by atoms with Crippen molar-refractivity contribution in [2.45, 2.75) is 23.9 Å². The van der Waals surface area contributed by atoms with Gasteiger partial charge in [-0.3, -0.25) is 4.79 Å². The van der Waals surface area contributed by atoms with E-state index in [1.165, 1.54) is 40.9 Å². The SMILES string of the molecule is CSCC(=O)N1CC(F)(c2ccc(C3=NOC(c4cc(F)c(F)c(F)c4)(C(F)(F)F)C3)cc2)C1. The molecule has 1 saturated heterocycles. The first-order chi connectivity index (χ1) is 15.9. The molecule has 0 bridgehead atoms. The minimum Gasteiger partial charge on any atom is -0.374 e. The van der Waals surface area contributed by atoms with Gasteiger partial charge in [0.05, 0.1) is 24.6 Å². The van der Waals surface area contributed by atoms with Crippen LogP contribution in [0.1, 0.15) is 23.1 Å². The molecule has 1 unspecified atom stereocenters. The van der Waals surface area contributed by atoms with Gasteiger partial charge in [0.25, 0.3) is 5.60 Å². The first kappa shape index (κ1) is 24.4. The lowest BCUT2D eigenvalue weighted by Crippen LogP contribution is -2.59. The fourth-order valence-electron chi connectivity index (χ4n) is 3.94. The molecular weight excluding hydrogens is 489 g/mol. The van der Waals surface area contributed by atoms with E-state index in [-0.39, 0.29) is 53.7 Å². The first-order valence-corrected chi connectivity index (χ1v) is 11.3. The summed E-state index contributed by atoms with van der Waals surface area (Å²) in [5.41, 5.74) is -5.74. The number of oxime groups is 1. The average molecular weight is 506 g/mol. The summed E-state index contributed by atoms with van der Waals surface area (Å²) >= 11 is 1.32. The predicted octanol–water partition coefficient (Wildman–Crippen LogP) is 5.06. The number of rotatable bonds is 5. The van der Waals surface area contributed by atoms with E-state index in [9.17, 15) is 31.1 Å². The molecule has 2 heterocycles. The van der Waals surface area contributed by atoms with Gasteiger partial charge in [0.15, 0.2) is 23.1 Å². The number of nitrogens with zero attached hydrogens (tertiary/aromatic N) is 2. The molecule has 1 amide bonds. The second-order valence-corrected chi connectivity index (χ2v) is 8.98. The van der Waals surface area contributed by atoms with Crippen LogP contribution in [0, 0.1) is 17.5 Å². The number of amides is 1. The minimum atomic E-state index is -5.14. The third-order valence-corrected chi connectivity index (χ3v) is 6.41. The zero-order chi connectivity index (χ0) is 24.9. The summed E-state index contributed by atoms with van der Waals surface area (Å²) < 4.78 is 97.6. The standard InChI is InChI=1S/C22H17F7N2O2S/c1-34-9-18(32)31-10-20(26,11-31)13-4-2-12(3-5-13)17-8-21(33-30-17,22(27,28)29)14-6-15(23)19(25)16(24)7-14/h2-7H,8-11H2,1H3. The number of hydrogen-bond acceptors (Lipinski definition) is 4. The molecular formula is C22H17F7N2O2S. The van der Waals surface area contributed by atoms with Crippen LogP contribution in [0.5, 0.6) is 0 Å². The Kier molecular flexibility index (Phi) is 6.07. The third-order valence-electron chi connectivity index (χ3n) is 5.88. The first-order valence-electron chi connectivity index (χ1n) is 9.93. The number of thioether (sulfide) groups is 1. The molecule has 12 heteroatoms. The maximum atomic E-state index is 15.1. The van der Waals surface area contributed by atoms with Crippen molar-refractivity contribution in [2.75, 3.05) is 25.1 Å². The summed E-state index contributed by atoms with van der Waals surface area (Å²) in [5.74, 6) is -5.44. The number of halogens is 7. The maximum Gasteiger partial charge on any atom is 0.435 e. The molecule has 2 aliphatic rings. The number of benzene rings is 2. The minimum absolute atomic E-state index is 0.130. The van der Waals surface area contributed by atoms with Crippen LogP contribution in [0.2, 0.25) is 0 Å². The van der Waals surface area contributed by atoms with Gasteiger partial charge in [-0.15, -0.1) is 0 Å². The largest absolute Gasteiger partial charge is 0.435 e. The molecule has 0 aliphatic carbocycles. The van der Waals surface area contributed by atoms with E-state index >= 15 is 4.39 Å². The molecule has 0 saturated carbocycles. The number of likely N-dealkylation sites (tertiary alicyclic amines) is 1. The van der Waals surface area contributed by atoms with Gasteiger partial charge in [-0.1, -0.05) is 29.4 Å². The van der Waals surface area contributed by atoms with E-state index in [0.717, 1.165) is 0 Å². The molecule has 4 nitrogen and oxygen atoms in total. The maximum absolute atomic E-state index is 15.1. The zero-order valence-corrected chi connectivity index (χ0v) is 18.4. The summed E-state index contributed by atoms with van der Waals surface area (Å²) in [6, 6.07) is 5.90.